The molecule has 104 valence electrons. The molecule has 19 heavy (non-hydrogen) atoms. The molecule has 1 amide bonds. The van der Waals surface area contributed by atoms with Gasteiger partial charge in [0.1, 0.15) is 11.6 Å². The second-order valence-corrected chi connectivity index (χ2v) is 5.07. The van der Waals surface area contributed by atoms with Crippen LogP contribution in [0.1, 0.15) is 31.2 Å². The Bertz CT molecular complexity index is 457. The Labute approximate surface area is 111 Å². The van der Waals surface area contributed by atoms with Crippen LogP contribution in [0.15, 0.2) is 18.2 Å². The van der Waals surface area contributed by atoms with Crippen molar-refractivity contribution >= 4 is 5.91 Å². The lowest BCUT2D eigenvalue weighted by Crippen LogP contribution is -2.36. The molecule has 1 aliphatic carbocycles. The van der Waals surface area contributed by atoms with Gasteiger partial charge in [0, 0.05) is 30.1 Å². The Morgan fingerprint density at radius 2 is 1.95 bits per heavy atom. The highest BCUT2D eigenvalue weighted by molar-refractivity contribution is 5.76. The monoisotopic (exact) mass is 268 g/mol. The molecule has 1 saturated carbocycles. The molecular weight excluding hydrogens is 250 g/mol. The van der Waals surface area contributed by atoms with Crippen LogP contribution in [0.4, 0.5) is 8.78 Å². The maximum Gasteiger partial charge on any atom is 0.220 e. The lowest BCUT2D eigenvalue weighted by atomic mass is 9.85. The van der Waals surface area contributed by atoms with Crippen LogP contribution in [0, 0.1) is 17.6 Å². The summed E-state index contributed by atoms with van der Waals surface area (Å²) in [5.41, 5.74) is 5.72. The van der Waals surface area contributed by atoms with Crippen molar-refractivity contribution in [3.8, 4) is 0 Å². The number of amides is 1. The van der Waals surface area contributed by atoms with Crippen LogP contribution in [-0.2, 0) is 11.3 Å². The van der Waals surface area contributed by atoms with Gasteiger partial charge in [0.05, 0.1) is 0 Å². The van der Waals surface area contributed by atoms with E-state index in [4.69, 9.17) is 5.73 Å². The van der Waals surface area contributed by atoms with E-state index in [9.17, 15) is 13.6 Å². The molecule has 0 spiro atoms. The largest absolute Gasteiger partial charge is 0.369 e. The highest BCUT2D eigenvalue weighted by atomic mass is 19.1. The minimum atomic E-state index is -0.566. The highest BCUT2D eigenvalue weighted by Gasteiger charge is 2.24. The topological polar surface area (TPSA) is 55.1 Å². The predicted molar refractivity (Wildman–Crippen MR) is 68.1 cm³/mol. The first-order valence-electron chi connectivity index (χ1n) is 6.53. The number of carbonyl (C=O) groups is 1. The van der Waals surface area contributed by atoms with Crippen LogP contribution < -0.4 is 11.1 Å². The average Bonchev–Trinajstić information content (AvgIpc) is 2.38. The number of benzene rings is 1. The maximum absolute atomic E-state index is 13.4. The van der Waals surface area contributed by atoms with E-state index in [-0.39, 0.29) is 17.9 Å². The van der Waals surface area contributed by atoms with Crippen molar-refractivity contribution < 1.29 is 13.6 Å². The zero-order valence-corrected chi connectivity index (χ0v) is 10.7. The quantitative estimate of drug-likeness (QED) is 0.878. The van der Waals surface area contributed by atoms with Crippen molar-refractivity contribution in [3.05, 3.63) is 35.4 Å². The van der Waals surface area contributed by atoms with Crippen LogP contribution in [0.5, 0.6) is 0 Å². The molecule has 0 aromatic heterocycles. The van der Waals surface area contributed by atoms with Gasteiger partial charge in [0.2, 0.25) is 5.91 Å². The Balaban J connectivity index is 1.82. The fourth-order valence-corrected chi connectivity index (χ4v) is 2.50. The van der Waals surface area contributed by atoms with Crippen molar-refractivity contribution in [1.82, 2.24) is 5.32 Å². The maximum atomic E-state index is 13.4. The molecule has 0 radical (unpaired) electrons. The van der Waals surface area contributed by atoms with Gasteiger partial charge in [0.15, 0.2) is 0 Å². The molecule has 5 heteroatoms. The van der Waals surface area contributed by atoms with Gasteiger partial charge in [-0.15, -0.1) is 0 Å². The van der Waals surface area contributed by atoms with E-state index in [1.165, 1.54) is 12.1 Å². The fraction of sp³-hybridized carbons (Fsp3) is 0.500. The summed E-state index contributed by atoms with van der Waals surface area (Å²) in [5.74, 6) is -1.36. The molecule has 3 N–H and O–H groups in total. The molecule has 1 fully saturated rings. The van der Waals surface area contributed by atoms with E-state index in [1.807, 2.05) is 0 Å². The summed E-state index contributed by atoms with van der Waals surface area (Å²) in [6.45, 7) is 0.373. The summed E-state index contributed by atoms with van der Waals surface area (Å²) in [4.78, 5) is 11.0. The molecule has 0 unspecified atom stereocenters. The van der Waals surface area contributed by atoms with Gasteiger partial charge in [-0.05, 0) is 31.7 Å². The average molecular weight is 268 g/mol. The molecule has 0 saturated heterocycles. The second-order valence-electron chi connectivity index (χ2n) is 5.07. The van der Waals surface area contributed by atoms with Crippen molar-refractivity contribution in [3.63, 3.8) is 0 Å². The molecule has 0 atom stereocenters. The molecule has 3 nitrogen and oxygen atoms in total. The molecule has 1 aromatic carbocycles. The minimum absolute atomic E-state index is 0.0272. The number of nitrogens with two attached hydrogens (primary N) is 1. The SMILES string of the molecule is NC(=O)C1CCC(NCc2ccc(F)cc2F)CC1. The summed E-state index contributed by atoms with van der Waals surface area (Å²) >= 11 is 0. The molecule has 1 aromatic rings. The Morgan fingerprint density at radius 1 is 1.26 bits per heavy atom. The predicted octanol–water partition coefficient (Wildman–Crippen LogP) is 2.10. The smallest absolute Gasteiger partial charge is 0.220 e. The standard InChI is InChI=1S/C14H18F2N2O/c15-11-4-1-10(13(16)7-11)8-18-12-5-2-9(3-6-12)14(17)19/h1,4,7,9,12,18H,2-3,5-6,8H2,(H2,17,19). The number of primary amides is 1. The van der Waals surface area contributed by atoms with Gasteiger partial charge in [-0.2, -0.15) is 0 Å². The third-order valence-electron chi connectivity index (χ3n) is 3.73. The van der Waals surface area contributed by atoms with Crippen LogP contribution in [0.25, 0.3) is 0 Å². The lowest BCUT2D eigenvalue weighted by molar-refractivity contribution is -0.122. The lowest BCUT2D eigenvalue weighted by Gasteiger charge is -2.27. The minimum Gasteiger partial charge on any atom is -0.369 e. The number of halogens is 2. The van der Waals surface area contributed by atoms with Crippen LogP contribution in [0.2, 0.25) is 0 Å². The van der Waals surface area contributed by atoms with Gasteiger partial charge in [-0.1, -0.05) is 6.07 Å². The van der Waals surface area contributed by atoms with Gasteiger partial charge < -0.3 is 11.1 Å². The van der Waals surface area contributed by atoms with Gasteiger partial charge in [0.25, 0.3) is 0 Å². The molecule has 2 rings (SSSR count). The van der Waals surface area contributed by atoms with Gasteiger partial charge in [-0.25, -0.2) is 8.78 Å². The van der Waals surface area contributed by atoms with Gasteiger partial charge in [-0.3, -0.25) is 4.79 Å². The summed E-state index contributed by atoms with van der Waals surface area (Å²) in [7, 11) is 0. The van der Waals surface area contributed by atoms with E-state index < -0.39 is 11.6 Å². The highest BCUT2D eigenvalue weighted by Crippen LogP contribution is 2.24. The molecule has 0 bridgehead atoms. The van der Waals surface area contributed by atoms with Crippen molar-refractivity contribution in [2.24, 2.45) is 11.7 Å². The molecule has 0 aliphatic heterocycles. The number of hydrogen-bond acceptors (Lipinski definition) is 2. The van der Waals surface area contributed by atoms with Crippen LogP contribution in [-0.4, -0.2) is 11.9 Å². The molecule has 0 heterocycles. The van der Waals surface area contributed by atoms with E-state index in [2.05, 4.69) is 5.32 Å². The third kappa shape index (κ3) is 3.73. The number of rotatable bonds is 4. The molecule has 1 aliphatic rings. The van der Waals surface area contributed by atoms with E-state index in [0.717, 1.165) is 31.7 Å². The third-order valence-corrected chi connectivity index (χ3v) is 3.73. The summed E-state index contributed by atoms with van der Waals surface area (Å²) in [6, 6.07) is 3.86. The summed E-state index contributed by atoms with van der Waals surface area (Å²) in [6.07, 6.45) is 3.27. The van der Waals surface area contributed by atoms with Crippen LogP contribution in [0.3, 0.4) is 0 Å². The van der Waals surface area contributed by atoms with Crippen molar-refractivity contribution in [2.75, 3.05) is 0 Å². The van der Waals surface area contributed by atoms with Crippen LogP contribution >= 0.6 is 0 Å². The summed E-state index contributed by atoms with van der Waals surface area (Å²) in [5, 5.41) is 3.24. The number of carbonyl (C=O) groups excluding carboxylic acids is 1. The Morgan fingerprint density at radius 3 is 2.53 bits per heavy atom. The van der Waals surface area contributed by atoms with Crippen molar-refractivity contribution in [2.45, 2.75) is 38.3 Å². The van der Waals surface area contributed by atoms with E-state index in [1.54, 1.807) is 0 Å². The molecular formula is C14H18F2N2O. The second kappa shape index (κ2) is 6.10. The number of nitrogens with one attached hydrogen (secondary N) is 1. The summed E-state index contributed by atoms with van der Waals surface area (Å²) < 4.78 is 26.2. The van der Waals surface area contributed by atoms with E-state index >= 15 is 0 Å². The normalized spacial score (nSPS) is 23.3. The fourth-order valence-electron chi connectivity index (χ4n) is 2.50. The Hall–Kier alpha value is -1.49. The van der Waals surface area contributed by atoms with Gasteiger partial charge >= 0.3 is 0 Å². The number of hydrogen-bond donors (Lipinski definition) is 2. The zero-order valence-electron chi connectivity index (χ0n) is 10.7. The first kappa shape index (κ1) is 13.9. The first-order valence-corrected chi connectivity index (χ1v) is 6.53. The van der Waals surface area contributed by atoms with Crippen molar-refractivity contribution in [1.29, 1.82) is 0 Å². The first-order chi connectivity index (χ1) is 9.06. The Kier molecular flexibility index (Phi) is 4.47. The van der Waals surface area contributed by atoms with E-state index in [0.29, 0.717) is 12.1 Å². The zero-order chi connectivity index (χ0) is 13.8.